The summed E-state index contributed by atoms with van der Waals surface area (Å²) in [6.07, 6.45) is 1.61. The van der Waals surface area contributed by atoms with Crippen LogP contribution in [-0.4, -0.2) is 15.0 Å². The first kappa shape index (κ1) is 21.4. The molecule has 1 N–H and O–H groups in total. The lowest BCUT2D eigenvalue weighted by atomic mass is 9.93. The molecule has 178 valence electrons. The largest absolute Gasteiger partial charge is 0.354 e. The summed E-state index contributed by atoms with van der Waals surface area (Å²) in [6, 6.07) is 38.4. The summed E-state index contributed by atoms with van der Waals surface area (Å²) >= 11 is 1.77. The molecule has 0 bridgehead atoms. The van der Waals surface area contributed by atoms with E-state index in [-0.39, 0.29) is 0 Å². The number of rotatable bonds is 2. The van der Waals surface area contributed by atoms with Crippen LogP contribution in [0.2, 0.25) is 0 Å². The van der Waals surface area contributed by atoms with Crippen molar-refractivity contribution in [3.8, 4) is 22.8 Å². The minimum Gasteiger partial charge on any atom is -0.354 e. The highest BCUT2D eigenvalue weighted by molar-refractivity contribution is 7.99. The van der Waals surface area contributed by atoms with Crippen molar-refractivity contribution in [2.24, 2.45) is 0 Å². The highest BCUT2D eigenvalue weighted by Gasteiger charge is 2.17. The van der Waals surface area contributed by atoms with E-state index in [1.165, 1.54) is 42.1 Å². The van der Waals surface area contributed by atoms with Gasteiger partial charge >= 0.3 is 0 Å². The molecular formula is C33H20N4S. The van der Waals surface area contributed by atoms with Gasteiger partial charge in [-0.15, -0.1) is 0 Å². The van der Waals surface area contributed by atoms with Crippen molar-refractivity contribution in [2.75, 3.05) is 5.32 Å². The van der Waals surface area contributed by atoms with Gasteiger partial charge in [-0.25, -0.2) is 15.0 Å². The van der Waals surface area contributed by atoms with E-state index < -0.39 is 0 Å². The Balaban J connectivity index is 1.24. The van der Waals surface area contributed by atoms with Gasteiger partial charge in [0, 0.05) is 20.9 Å². The molecule has 0 spiro atoms. The number of nitrogens with one attached hydrogen (secondary N) is 1. The third kappa shape index (κ3) is 3.36. The van der Waals surface area contributed by atoms with E-state index in [1.54, 1.807) is 18.1 Å². The van der Waals surface area contributed by atoms with Crippen LogP contribution in [0, 0.1) is 0 Å². The zero-order chi connectivity index (χ0) is 25.1. The first-order chi connectivity index (χ1) is 18.8. The van der Waals surface area contributed by atoms with Crippen LogP contribution in [0.25, 0.3) is 55.1 Å². The number of hydrogen-bond acceptors (Lipinski definition) is 5. The van der Waals surface area contributed by atoms with Crippen LogP contribution in [0.5, 0.6) is 0 Å². The van der Waals surface area contributed by atoms with Gasteiger partial charge in [-0.1, -0.05) is 84.6 Å². The molecular weight excluding hydrogens is 484 g/mol. The van der Waals surface area contributed by atoms with E-state index in [1.807, 2.05) is 0 Å². The van der Waals surface area contributed by atoms with Crippen molar-refractivity contribution < 1.29 is 0 Å². The molecule has 2 heterocycles. The fraction of sp³-hybridized carbons (Fsp3) is 0. The molecule has 0 fully saturated rings. The third-order valence-electron chi connectivity index (χ3n) is 7.19. The van der Waals surface area contributed by atoms with Crippen LogP contribution >= 0.6 is 11.8 Å². The second kappa shape index (κ2) is 8.40. The molecule has 1 aliphatic heterocycles. The van der Waals surface area contributed by atoms with E-state index in [0.717, 1.165) is 22.5 Å². The van der Waals surface area contributed by atoms with Crippen LogP contribution in [0.15, 0.2) is 125 Å². The number of hydrogen-bond donors (Lipinski definition) is 1. The van der Waals surface area contributed by atoms with Crippen molar-refractivity contribution in [3.05, 3.63) is 116 Å². The first-order valence-electron chi connectivity index (χ1n) is 12.5. The average molecular weight is 505 g/mol. The van der Waals surface area contributed by atoms with Gasteiger partial charge in [0.25, 0.3) is 0 Å². The van der Waals surface area contributed by atoms with Crippen molar-refractivity contribution in [2.45, 2.75) is 9.79 Å². The molecule has 4 nitrogen and oxygen atoms in total. The quantitative estimate of drug-likeness (QED) is 0.238. The normalized spacial score (nSPS) is 12.3. The number of para-hydroxylation sites is 1. The minimum atomic E-state index is 0.659. The summed E-state index contributed by atoms with van der Waals surface area (Å²) in [4.78, 5) is 16.4. The lowest BCUT2D eigenvalue weighted by Crippen LogP contribution is -2.01. The van der Waals surface area contributed by atoms with Crippen LogP contribution in [0.3, 0.4) is 0 Å². The number of anilines is 2. The maximum Gasteiger partial charge on any atom is 0.163 e. The van der Waals surface area contributed by atoms with Gasteiger partial charge in [0.1, 0.15) is 6.33 Å². The van der Waals surface area contributed by atoms with Crippen LogP contribution in [-0.2, 0) is 0 Å². The Hall–Kier alpha value is -4.74. The Kier molecular flexibility index (Phi) is 4.72. The Morgan fingerprint density at radius 1 is 0.474 bits per heavy atom. The summed E-state index contributed by atoms with van der Waals surface area (Å²) in [6.45, 7) is 0. The molecule has 0 atom stereocenters. The van der Waals surface area contributed by atoms with Crippen LogP contribution in [0.1, 0.15) is 0 Å². The van der Waals surface area contributed by atoms with E-state index in [9.17, 15) is 0 Å². The Morgan fingerprint density at radius 3 is 1.76 bits per heavy atom. The lowest BCUT2D eigenvalue weighted by Gasteiger charge is -2.21. The zero-order valence-corrected chi connectivity index (χ0v) is 21.0. The molecule has 0 unspecified atom stereocenters. The van der Waals surface area contributed by atoms with Crippen LogP contribution < -0.4 is 5.32 Å². The standard InChI is InChI=1S/C33H20N4S/c1-2-9-24-22(7-1)23-8-3-4-10-25(23)27-17-20(13-15-26(24)27)32-34-19-35-33(37-32)21-14-16-31-29(18-21)36-28-11-5-6-12-30(28)38-31/h1-19,36H. The average Bonchev–Trinajstić information content (AvgIpc) is 2.99. The first-order valence-corrected chi connectivity index (χ1v) is 13.3. The monoisotopic (exact) mass is 504 g/mol. The van der Waals surface area contributed by atoms with Crippen LogP contribution in [0.4, 0.5) is 11.4 Å². The zero-order valence-electron chi connectivity index (χ0n) is 20.2. The molecule has 6 aromatic carbocycles. The summed E-state index contributed by atoms with van der Waals surface area (Å²) in [7, 11) is 0. The number of nitrogens with zero attached hydrogens (tertiary/aromatic N) is 3. The molecule has 0 aliphatic carbocycles. The maximum absolute atomic E-state index is 4.90. The molecule has 8 rings (SSSR count). The highest BCUT2D eigenvalue weighted by Crippen LogP contribution is 2.45. The SMILES string of the molecule is c1ccc2c(c1)Nc1cc(-c3ncnc(-c4ccc5c6ccccc6c6ccccc6c5c4)n3)ccc1S2. The van der Waals surface area contributed by atoms with Crippen molar-refractivity contribution in [3.63, 3.8) is 0 Å². The predicted octanol–water partition coefficient (Wildman–Crippen LogP) is 8.87. The highest BCUT2D eigenvalue weighted by atomic mass is 32.2. The number of benzene rings is 6. The molecule has 38 heavy (non-hydrogen) atoms. The summed E-state index contributed by atoms with van der Waals surface area (Å²) < 4.78 is 0. The topological polar surface area (TPSA) is 50.7 Å². The van der Waals surface area contributed by atoms with E-state index >= 15 is 0 Å². The summed E-state index contributed by atoms with van der Waals surface area (Å²) in [5, 5.41) is 11.0. The summed E-state index contributed by atoms with van der Waals surface area (Å²) in [5.41, 5.74) is 4.12. The van der Waals surface area contributed by atoms with Gasteiger partial charge in [0.15, 0.2) is 11.6 Å². The van der Waals surface area contributed by atoms with Gasteiger partial charge in [0.05, 0.1) is 11.4 Å². The fourth-order valence-corrected chi connectivity index (χ4v) is 6.37. The van der Waals surface area contributed by atoms with E-state index in [4.69, 9.17) is 4.98 Å². The Morgan fingerprint density at radius 2 is 1.03 bits per heavy atom. The van der Waals surface area contributed by atoms with Crippen molar-refractivity contribution in [1.82, 2.24) is 15.0 Å². The molecule has 0 radical (unpaired) electrons. The maximum atomic E-state index is 4.90. The number of fused-ring (bicyclic) bond motifs is 8. The number of aromatic nitrogens is 3. The summed E-state index contributed by atoms with van der Waals surface area (Å²) in [5.74, 6) is 1.33. The van der Waals surface area contributed by atoms with Crippen molar-refractivity contribution in [1.29, 1.82) is 0 Å². The minimum absolute atomic E-state index is 0.659. The second-order valence-electron chi connectivity index (χ2n) is 9.42. The molecule has 1 aromatic heterocycles. The van der Waals surface area contributed by atoms with Gasteiger partial charge in [0.2, 0.25) is 0 Å². The Bertz CT molecular complexity index is 2010. The molecule has 0 saturated carbocycles. The molecule has 1 aliphatic rings. The fourth-order valence-electron chi connectivity index (χ4n) is 5.40. The van der Waals surface area contributed by atoms with E-state index in [0.29, 0.717) is 11.6 Å². The molecule has 5 heteroatoms. The van der Waals surface area contributed by atoms with E-state index in [2.05, 4.69) is 124 Å². The second-order valence-corrected chi connectivity index (χ2v) is 10.5. The van der Waals surface area contributed by atoms with Gasteiger partial charge in [-0.2, -0.15) is 0 Å². The molecule has 7 aromatic rings. The molecule has 0 amide bonds. The van der Waals surface area contributed by atoms with Crippen molar-refractivity contribution >= 4 is 55.5 Å². The predicted molar refractivity (Wildman–Crippen MR) is 157 cm³/mol. The van der Waals surface area contributed by atoms with Gasteiger partial charge in [-0.3, -0.25) is 0 Å². The molecule has 0 saturated heterocycles. The third-order valence-corrected chi connectivity index (χ3v) is 8.34. The lowest BCUT2D eigenvalue weighted by molar-refractivity contribution is 1.06. The van der Waals surface area contributed by atoms with Gasteiger partial charge in [-0.05, 0) is 68.7 Å². The van der Waals surface area contributed by atoms with Gasteiger partial charge < -0.3 is 5.32 Å². The Labute approximate surface area is 223 Å². The smallest absolute Gasteiger partial charge is 0.163 e.